The third-order valence-corrected chi connectivity index (χ3v) is 3.71. The molecular formula is C18H23N3O6. The lowest BCUT2D eigenvalue weighted by atomic mass is 10.2. The molecule has 1 aliphatic heterocycles. The van der Waals surface area contributed by atoms with Gasteiger partial charge in [-0.2, -0.15) is 0 Å². The summed E-state index contributed by atoms with van der Waals surface area (Å²) in [5.41, 5.74) is 0.419. The Labute approximate surface area is 157 Å². The number of imide groups is 2. The van der Waals surface area contributed by atoms with E-state index < -0.39 is 30.3 Å². The van der Waals surface area contributed by atoms with Gasteiger partial charge in [0.05, 0.1) is 13.2 Å². The number of nitrogens with zero attached hydrogens (tertiary/aromatic N) is 2. The molecule has 0 saturated carbocycles. The summed E-state index contributed by atoms with van der Waals surface area (Å²) >= 11 is 0. The summed E-state index contributed by atoms with van der Waals surface area (Å²) in [5.74, 6) is -1.49. The van der Waals surface area contributed by atoms with E-state index in [0.717, 1.165) is 4.90 Å². The Morgan fingerprint density at radius 3 is 2.22 bits per heavy atom. The third kappa shape index (κ3) is 4.55. The first-order valence-corrected chi connectivity index (χ1v) is 8.79. The summed E-state index contributed by atoms with van der Waals surface area (Å²) in [6.07, 6.45) is 0.525. The van der Waals surface area contributed by atoms with Gasteiger partial charge in [-0.3, -0.25) is 19.3 Å². The summed E-state index contributed by atoms with van der Waals surface area (Å²) in [4.78, 5) is 49.7. The van der Waals surface area contributed by atoms with Crippen molar-refractivity contribution in [2.45, 2.75) is 27.2 Å². The summed E-state index contributed by atoms with van der Waals surface area (Å²) in [7, 11) is 0. The topological polar surface area (TPSA) is 105 Å². The Hall–Kier alpha value is -3.10. The molecule has 1 aliphatic rings. The van der Waals surface area contributed by atoms with Gasteiger partial charge in [-0.1, -0.05) is 6.92 Å². The third-order valence-electron chi connectivity index (χ3n) is 3.71. The predicted octanol–water partition coefficient (Wildman–Crippen LogP) is 1.62. The molecule has 0 bridgehead atoms. The van der Waals surface area contributed by atoms with Crippen LogP contribution >= 0.6 is 0 Å². The zero-order valence-electron chi connectivity index (χ0n) is 15.6. The molecule has 5 amide bonds. The van der Waals surface area contributed by atoms with E-state index in [1.165, 1.54) is 0 Å². The quantitative estimate of drug-likeness (QED) is 0.518. The van der Waals surface area contributed by atoms with Crippen molar-refractivity contribution in [2.75, 3.05) is 31.6 Å². The van der Waals surface area contributed by atoms with E-state index in [9.17, 15) is 19.2 Å². The molecule has 1 heterocycles. The van der Waals surface area contributed by atoms with Crippen molar-refractivity contribution in [1.82, 2.24) is 9.80 Å². The minimum atomic E-state index is -0.995. The summed E-state index contributed by atoms with van der Waals surface area (Å²) in [6, 6.07) is 4.09. The number of anilines is 1. The van der Waals surface area contributed by atoms with Crippen LogP contribution in [0.4, 0.5) is 10.5 Å². The maximum Gasteiger partial charge on any atom is 0.334 e. The van der Waals surface area contributed by atoms with Crippen LogP contribution in [0.15, 0.2) is 18.2 Å². The summed E-state index contributed by atoms with van der Waals surface area (Å²) < 4.78 is 10.9. The molecule has 27 heavy (non-hydrogen) atoms. The van der Waals surface area contributed by atoms with Gasteiger partial charge < -0.3 is 14.8 Å². The fourth-order valence-corrected chi connectivity index (χ4v) is 2.58. The second-order valence-electron chi connectivity index (χ2n) is 5.71. The van der Waals surface area contributed by atoms with Crippen molar-refractivity contribution < 1.29 is 28.7 Å². The molecule has 1 aromatic rings. The van der Waals surface area contributed by atoms with Crippen LogP contribution in [0.1, 0.15) is 27.2 Å². The minimum Gasteiger partial charge on any atom is -0.490 e. The number of amides is 5. The van der Waals surface area contributed by atoms with Gasteiger partial charge in [-0.25, -0.2) is 9.69 Å². The molecule has 0 aromatic heterocycles. The van der Waals surface area contributed by atoms with Gasteiger partial charge in [0, 0.05) is 18.3 Å². The molecule has 0 spiro atoms. The van der Waals surface area contributed by atoms with E-state index in [4.69, 9.17) is 9.47 Å². The van der Waals surface area contributed by atoms with Crippen LogP contribution in [-0.2, 0) is 14.4 Å². The number of hydrogen-bond acceptors (Lipinski definition) is 6. The highest BCUT2D eigenvalue weighted by Crippen LogP contribution is 2.30. The van der Waals surface area contributed by atoms with Crippen molar-refractivity contribution in [3.05, 3.63) is 18.2 Å². The molecule has 146 valence electrons. The Balaban J connectivity index is 2.07. The molecule has 1 N–H and O–H groups in total. The molecular weight excluding hydrogens is 354 g/mol. The molecule has 0 radical (unpaired) electrons. The predicted molar refractivity (Wildman–Crippen MR) is 96.5 cm³/mol. The lowest BCUT2D eigenvalue weighted by Crippen LogP contribution is -2.39. The molecule has 0 atom stereocenters. The van der Waals surface area contributed by atoms with Crippen molar-refractivity contribution in [3.8, 4) is 11.5 Å². The summed E-state index contributed by atoms with van der Waals surface area (Å²) in [5, 5.41) is 2.59. The van der Waals surface area contributed by atoms with Gasteiger partial charge in [0.25, 0.3) is 0 Å². The molecule has 9 nitrogen and oxygen atoms in total. The molecule has 0 unspecified atom stereocenters. The lowest BCUT2D eigenvalue weighted by Gasteiger charge is -2.16. The number of ether oxygens (including phenoxy) is 2. The molecule has 0 aliphatic carbocycles. The average Bonchev–Trinajstić information content (AvgIpc) is 2.82. The Morgan fingerprint density at radius 2 is 1.59 bits per heavy atom. The van der Waals surface area contributed by atoms with Crippen LogP contribution in [0.2, 0.25) is 0 Å². The van der Waals surface area contributed by atoms with E-state index in [-0.39, 0.29) is 6.54 Å². The van der Waals surface area contributed by atoms with Crippen molar-refractivity contribution in [1.29, 1.82) is 0 Å². The van der Waals surface area contributed by atoms with Gasteiger partial charge in [0.15, 0.2) is 11.5 Å². The molecule has 2 rings (SSSR count). The first-order valence-electron chi connectivity index (χ1n) is 8.79. The Kier molecular flexibility index (Phi) is 6.75. The van der Waals surface area contributed by atoms with Crippen LogP contribution in [-0.4, -0.2) is 59.9 Å². The number of carbonyl (C=O) groups is 4. The van der Waals surface area contributed by atoms with Crippen LogP contribution in [0.25, 0.3) is 0 Å². The Morgan fingerprint density at radius 1 is 0.963 bits per heavy atom. The highest BCUT2D eigenvalue weighted by molar-refractivity contribution is 6.45. The standard InChI is InChI=1S/C18H23N3O6/c1-4-9-20-16(23)17(24)21(18(20)25)11-15(22)19-12-7-8-13(26-5-2)14(10-12)27-6-3/h7-8,10H,4-6,9,11H2,1-3H3,(H,19,22). The second-order valence-corrected chi connectivity index (χ2v) is 5.71. The van der Waals surface area contributed by atoms with Gasteiger partial charge in [-0.15, -0.1) is 0 Å². The fraction of sp³-hybridized carbons (Fsp3) is 0.444. The van der Waals surface area contributed by atoms with E-state index >= 15 is 0 Å². The first kappa shape index (κ1) is 20.2. The van der Waals surface area contributed by atoms with Gasteiger partial charge in [-0.05, 0) is 32.4 Å². The highest BCUT2D eigenvalue weighted by Gasteiger charge is 2.44. The maximum atomic E-state index is 12.3. The molecule has 1 saturated heterocycles. The normalized spacial score (nSPS) is 14.0. The Bertz CT molecular complexity index is 749. The van der Waals surface area contributed by atoms with Gasteiger partial charge >= 0.3 is 17.8 Å². The smallest absolute Gasteiger partial charge is 0.334 e. The lowest BCUT2D eigenvalue weighted by molar-refractivity contribution is -0.143. The number of benzene rings is 1. The number of urea groups is 1. The van der Waals surface area contributed by atoms with E-state index in [0.29, 0.717) is 41.7 Å². The van der Waals surface area contributed by atoms with Crippen molar-refractivity contribution in [3.63, 3.8) is 0 Å². The average molecular weight is 377 g/mol. The minimum absolute atomic E-state index is 0.137. The van der Waals surface area contributed by atoms with Crippen molar-refractivity contribution in [2.24, 2.45) is 0 Å². The number of hydrogen-bond donors (Lipinski definition) is 1. The summed E-state index contributed by atoms with van der Waals surface area (Å²) in [6.45, 7) is 5.93. The fourth-order valence-electron chi connectivity index (χ4n) is 2.58. The van der Waals surface area contributed by atoms with Crippen LogP contribution in [0.5, 0.6) is 11.5 Å². The van der Waals surface area contributed by atoms with E-state index in [1.54, 1.807) is 25.1 Å². The second kappa shape index (κ2) is 9.02. The molecule has 1 aromatic carbocycles. The van der Waals surface area contributed by atoms with Crippen LogP contribution < -0.4 is 14.8 Å². The zero-order chi connectivity index (χ0) is 20.0. The molecule has 1 fully saturated rings. The van der Waals surface area contributed by atoms with E-state index in [1.807, 2.05) is 13.8 Å². The van der Waals surface area contributed by atoms with Crippen LogP contribution in [0.3, 0.4) is 0 Å². The highest BCUT2D eigenvalue weighted by atomic mass is 16.5. The van der Waals surface area contributed by atoms with Crippen molar-refractivity contribution >= 4 is 29.4 Å². The molecule has 9 heteroatoms. The SMILES string of the molecule is CCCN1C(=O)C(=O)N(CC(=O)Nc2ccc(OCC)c(OCC)c2)C1=O. The number of rotatable bonds is 9. The largest absolute Gasteiger partial charge is 0.490 e. The monoisotopic (exact) mass is 377 g/mol. The van der Waals surface area contributed by atoms with E-state index in [2.05, 4.69) is 5.32 Å². The van der Waals surface area contributed by atoms with Gasteiger partial charge in [0.1, 0.15) is 6.54 Å². The number of nitrogens with one attached hydrogen (secondary N) is 1. The zero-order valence-corrected chi connectivity index (χ0v) is 15.6. The maximum absolute atomic E-state index is 12.3. The first-order chi connectivity index (χ1) is 12.9. The number of carbonyl (C=O) groups excluding carboxylic acids is 4. The van der Waals surface area contributed by atoms with Crippen LogP contribution in [0, 0.1) is 0 Å². The van der Waals surface area contributed by atoms with Gasteiger partial charge in [0.2, 0.25) is 5.91 Å².